The second kappa shape index (κ2) is 8.64. The lowest BCUT2D eigenvalue weighted by Crippen LogP contribution is -2.24. The second-order valence-electron chi connectivity index (χ2n) is 6.15. The summed E-state index contributed by atoms with van der Waals surface area (Å²) < 4.78 is 15.3. The van der Waals surface area contributed by atoms with E-state index in [0.717, 1.165) is 25.7 Å². The Kier molecular flexibility index (Phi) is 6.54. The summed E-state index contributed by atoms with van der Waals surface area (Å²) in [6.07, 6.45) is 3.50. The van der Waals surface area contributed by atoms with E-state index in [9.17, 15) is 19.2 Å². The van der Waals surface area contributed by atoms with Crippen molar-refractivity contribution < 1.29 is 33.1 Å². The van der Waals surface area contributed by atoms with Crippen LogP contribution in [0.2, 0.25) is 0 Å². The quantitative estimate of drug-likeness (QED) is 0.584. The summed E-state index contributed by atoms with van der Waals surface area (Å²) in [6, 6.07) is 0. The molecule has 1 aliphatic rings. The van der Waals surface area contributed by atoms with Crippen LogP contribution in [0.3, 0.4) is 0 Å². The van der Waals surface area contributed by atoms with Crippen molar-refractivity contribution in [3.05, 3.63) is 16.9 Å². The molecule has 2 rings (SSSR count). The standard InChI is InChI=1S/C18H23NO7/c1-4-24-18(23)15-14(10(2)20)11(3)26-16(15)19-13(21)9-25-17(22)12-7-5-6-8-12/h12H,4-9H2,1-3H3,(H,19,21). The smallest absolute Gasteiger partial charge is 0.344 e. The van der Waals surface area contributed by atoms with E-state index < -0.39 is 24.5 Å². The molecule has 1 fully saturated rings. The maximum Gasteiger partial charge on any atom is 0.344 e. The highest BCUT2D eigenvalue weighted by Crippen LogP contribution is 2.29. The third-order valence-electron chi connectivity index (χ3n) is 4.20. The number of esters is 2. The van der Waals surface area contributed by atoms with E-state index >= 15 is 0 Å². The molecule has 0 aromatic carbocycles. The molecule has 1 aromatic rings. The number of nitrogens with one attached hydrogen (secondary N) is 1. The van der Waals surface area contributed by atoms with E-state index in [-0.39, 0.29) is 41.1 Å². The number of carbonyl (C=O) groups excluding carboxylic acids is 4. The Bertz CT molecular complexity index is 713. The first-order valence-corrected chi connectivity index (χ1v) is 8.63. The van der Waals surface area contributed by atoms with Gasteiger partial charge in [-0.2, -0.15) is 0 Å². The molecule has 0 saturated heterocycles. The lowest BCUT2D eigenvalue weighted by molar-refractivity contribution is -0.151. The molecule has 26 heavy (non-hydrogen) atoms. The number of furan rings is 1. The third-order valence-corrected chi connectivity index (χ3v) is 4.20. The SMILES string of the molecule is CCOC(=O)c1c(NC(=O)COC(=O)C2CCCC2)oc(C)c1C(C)=O. The number of rotatable bonds is 7. The lowest BCUT2D eigenvalue weighted by atomic mass is 10.1. The maximum absolute atomic E-state index is 12.2. The molecule has 1 aromatic heterocycles. The minimum Gasteiger partial charge on any atom is -0.462 e. The first-order valence-electron chi connectivity index (χ1n) is 8.63. The van der Waals surface area contributed by atoms with Crippen molar-refractivity contribution in [1.82, 2.24) is 0 Å². The highest BCUT2D eigenvalue weighted by atomic mass is 16.5. The van der Waals surface area contributed by atoms with Crippen LogP contribution in [0.4, 0.5) is 5.88 Å². The Morgan fingerprint density at radius 2 is 1.77 bits per heavy atom. The topological polar surface area (TPSA) is 112 Å². The minimum absolute atomic E-state index is 0.0571. The summed E-state index contributed by atoms with van der Waals surface area (Å²) in [6.45, 7) is 4.03. The molecule has 8 nitrogen and oxygen atoms in total. The average molecular weight is 365 g/mol. The van der Waals surface area contributed by atoms with Gasteiger partial charge in [0.2, 0.25) is 5.88 Å². The van der Waals surface area contributed by atoms with Crippen LogP contribution in [0, 0.1) is 12.8 Å². The van der Waals surface area contributed by atoms with Crippen LogP contribution >= 0.6 is 0 Å². The van der Waals surface area contributed by atoms with Gasteiger partial charge < -0.3 is 13.9 Å². The van der Waals surface area contributed by atoms with Gasteiger partial charge in [-0.3, -0.25) is 19.7 Å². The molecule has 0 atom stereocenters. The molecule has 1 amide bonds. The summed E-state index contributed by atoms with van der Waals surface area (Å²) >= 11 is 0. The Morgan fingerprint density at radius 3 is 2.35 bits per heavy atom. The molecule has 0 bridgehead atoms. The fourth-order valence-electron chi connectivity index (χ4n) is 3.03. The zero-order valence-corrected chi connectivity index (χ0v) is 15.2. The monoisotopic (exact) mass is 365 g/mol. The number of ketones is 1. The molecule has 0 spiro atoms. The summed E-state index contributed by atoms with van der Waals surface area (Å²) in [7, 11) is 0. The second-order valence-corrected chi connectivity index (χ2v) is 6.15. The highest BCUT2D eigenvalue weighted by molar-refractivity contribution is 6.10. The van der Waals surface area contributed by atoms with Gasteiger partial charge in [0, 0.05) is 0 Å². The molecule has 0 radical (unpaired) electrons. The van der Waals surface area contributed by atoms with Crippen molar-refractivity contribution in [3.63, 3.8) is 0 Å². The van der Waals surface area contributed by atoms with Gasteiger partial charge in [0.25, 0.3) is 5.91 Å². The van der Waals surface area contributed by atoms with E-state index in [1.54, 1.807) is 6.92 Å². The number of ether oxygens (including phenoxy) is 2. The summed E-state index contributed by atoms with van der Waals surface area (Å²) in [5.74, 6) is -2.37. The van der Waals surface area contributed by atoms with Crippen molar-refractivity contribution in [1.29, 1.82) is 0 Å². The fraction of sp³-hybridized carbons (Fsp3) is 0.556. The molecule has 8 heteroatoms. The van der Waals surface area contributed by atoms with Gasteiger partial charge in [-0.25, -0.2) is 4.79 Å². The maximum atomic E-state index is 12.2. The zero-order chi connectivity index (χ0) is 19.3. The number of Topliss-reactive ketones (excluding diaryl/α,β-unsaturated/α-hetero) is 1. The van der Waals surface area contributed by atoms with Crippen LogP contribution in [0.25, 0.3) is 0 Å². The Balaban J connectivity index is 2.08. The number of hydrogen-bond acceptors (Lipinski definition) is 7. The lowest BCUT2D eigenvalue weighted by Gasteiger charge is -2.09. The minimum atomic E-state index is -0.771. The van der Waals surface area contributed by atoms with E-state index in [1.807, 2.05) is 0 Å². The van der Waals surface area contributed by atoms with E-state index in [0.29, 0.717) is 0 Å². The normalized spacial score (nSPS) is 14.1. The first-order chi connectivity index (χ1) is 12.3. The molecular formula is C18H23NO7. The van der Waals surface area contributed by atoms with Gasteiger partial charge in [0.15, 0.2) is 12.4 Å². The van der Waals surface area contributed by atoms with Crippen LogP contribution < -0.4 is 5.32 Å². The summed E-state index contributed by atoms with van der Waals surface area (Å²) in [5, 5.41) is 2.38. The number of amides is 1. The van der Waals surface area contributed by atoms with Gasteiger partial charge >= 0.3 is 11.9 Å². The molecule has 1 heterocycles. The van der Waals surface area contributed by atoms with Crippen molar-refractivity contribution in [2.75, 3.05) is 18.5 Å². The van der Waals surface area contributed by atoms with Crippen LogP contribution in [0.1, 0.15) is 66.0 Å². The molecule has 0 aliphatic heterocycles. The van der Waals surface area contributed by atoms with Crippen molar-refractivity contribution in [2.24, 2.45) is 5.92 Å². The molecule has 1 aliphatic carbocycles. The molecular weight excluding hydrogens is 342 g/mol. The first kappa shape index (κ1) is 19.7. The predicted octanol–water partition coefficient (Wildman–Crippen LogP) is 2.64. The van der Waals surface area contributed by atoms with Crippen molar-refractivity contribution >= 4 is 29.5 Å². The number of carbonyl (C=O) groups is 4. The number of aryl methyl sites for hydroxylation is 1. The van der Waals surface area contributed by atoms with Gasteiger partial charge in [0.1, 0.15) is 11.3 Å². The molecule has 142 valence electrons. The van der Waals surface area contributed by atoms with Crippen LogP contribution in [0.5, 0.6) is 0 Å². The largest absolute Gasteiger partial charge is 0.462 e. The summed E-state index contributed by atoms with van der Waals surface area (Å²) in [5.41, 5.74) is -0.0750. The van der Waals surface area contributed by atoms with Crippen LogP contribution in [-0.2, 0) is 19.1 Å². The van der Waals surface area contributed by atoms with Crippen molar-refractivity contribution in [3.8, 4) is 0 Å². The fourth-order valence-corrected chi connectivity index (χ4v) is 3.03. The molecule has 1 saturated carbocycles. The molecule has 1 N–H and O–H groups in total. The average Bonchev–Trinajstić information content (AvgIpc) is 3.20. The summed E-state index contributed by atoms with van der Waals surface area (Å²) in [4.78, 5) is 47.9. The number of anilines is 1. The molecule has 0 unspecified atom stereocenters. The zero-order valence-electron chi connectivity index (χ0n) is 15.2. The van der Waals surface area contributed by atoms with Gasteiger partial charge in [-0.15, -0.1) is 0 Å². The number of hydrogen-bond donors (Lipinski definition) is 1. The van der Waals surface area contributed by atoms with E-state index in [4.69, 9.17) is 13.9 Å². The third kappa shape index (κ3) is 4.50. The van der Waals surface area contributed by atoms with Crippen molar-refractivity contribution in [2.45, 2.75) is 46.5 Å². The predicted molar refractivity (Wildman–Crippen MR) is 91.0 cm³/mol. The Hall–Kier alpha value is -2.64. The van der Waals surface area contributed by atoms with Crippen LogP contribution in [-0.4, -0.2) is 36.8 Å². The van der Waals surface area contributed by atoms with E-state index in [1.165, 1.54) is 13.8 Å². The van der Waals surface area contributed by atoms with Gasteiger partial charge in [-0.05, 0) is 33.6 Å². The highest BCUT2D eigenvalue weighted by Gasteiger charge is 2.29. The Labute approximate surface area is 151 Å². The Morgan fingerprint density at radius 1 is 1.12 bits per heavy atom. The van der Waals surface area contributed by atoms with Gasteiger partial charge in [-0.1, -0.05) is 12.8 Å². The van der Waals surface area contributed by atoms with Crippen LogP contribution in [0.15, 0.2) is 4.42 Å². The van der Waals surface area contributed by atoms with E-state index in [2.05, 4.69) is 5.32 Å². The van der Waals surface area contributed by atoms with Gasteiger partial charge in [0.05, 0.1) is 18.1 Å².